The fraction of sp³-hybridized carbons (Fsp3) is 0.500. The maximum atomic E-state index is 4.23. The van der Waals surface area contributed by atoms with Crippen LogP contribution in [0.25, 0.3) is 0 Å². The topological polar surface area (TPSA) is 68.5 Å². The maximum Gasteiger partial charge on any atom is 0.176 e. The van der Waals surface area contributed by atoms with Crippen LogP contribution in [0.15, 0.2) is 22.9 Å². The first-order valence-electron chi connectivity index (χ1n) is 6.25. The molecule has 2 heterocycles. The van der Waals surface area contributed by atoms with Gasteiger partial charge in [-0.3, -0.25) is 4.98 Å². The highest BCUT2D eigenvalue weighted by molar-refractivity contribution is 9.10. The number of tetrazole rings is 1. The summed E-state index contributed by atoms with van der Waals surface area (Å²) in [6.07, 6.45) is 5.42. The van der Waals surface area contributed by atoms with Crippen LogP contribution in [0.3, 0.4) is 0 Å². The lowest BCUT2D eigenvalue weighted by Gasteiger charge is -2.17. The van der Waals surface area contributed by atoms with E-state index in [4.69, 9.17) is 0 Å². The van der Waals surface area contributed by atoms with Crippen LogP contribution in [0.1, 0.15) is 30.8 Å². The zero-order valence-corrected chi connectivity index (χ0v) is 12.6. The molecule has 0 aliphatic heterocycles. The minimum Gasteiger partial charge on any atom is -0.309 e. The number of rotatable bonds is 6. The summed E-state index contributed by atoms with van der Waals surface area (Å²) in [6.45, 7) is 3.08. The van der Waals surface area contributed by atoms with Crippen LogP contribution < -0.4 is 5.32 Å². The number of aryl methyl sites for hydroxylation is 1. The van der Waals surface area contributed by atoms with Crippen LogP contribution >= 0.6 is 15.9 Å². The van der Waals surface area contributed by atoms with Gasteiger partial charge in [0.25, 0.3) is 0 Å². The molecule has 0 radical (unpaired) electrons. The second-order valence-electron chi connectivity index (χ2n) is 4.34. The molecule has 1 unspecified atom stereocenters. The van der Waals surface area contributed by atoms with Crippen LogP contribution in [-0.4, -0.2) is 31.7 Å². The van der Waals surface area contributed by atoms with Crippen molar-refractivity contribution in [1.82, 2.24) is 30.5 Å². The Hall–Kier alpha value is -1.34. The van der Waals surface area contributed by atoms with Crippen LogP contribution in [0.5, 0.6) is 0 Å². The molecule has 0 aliphatic carbocycles. The second kappa shape index (κ2) is 6.72. The number of halogens is 1. The molecule has 0 aromatic carbocycles. The summed E-state index contributed by atoms with van der Waals surface area (Å²) in [5.74, 6) is 0.732. The summed E-state index contributed by atoms with van der Waals surface area (Å²) in [4.78, 5) is 5.69. The minimum absolute atomic E-state index is 0.147. The van der Waals surface area contributed by atoms with Gasteiger partial charge in [0.2, 0.25) is 0 Å². The summed E-state index contributed by atoms with van der Waals surface area (Å²) >= 11 is 3.45. The van der Waals surface area contributed by atoms with E-state index in [-0.39, 0.29) is 6.04 Å². The Labute approximate surface area is 120 Å². The Morgan fingerprint density at radius 2 is 2.26 bits per heavy atom. The van der Waals surface area contributed by atoms with Crippen molar-refractivity contribution in [2.75, 3.05) is 6.54 Å². The average molecular weight is 325 g/mol. The van der Waals surface area contributed by atoms with Gasteiger partial charge in [-0.1, -0.05) is 6.92 Å². The standard InChI is InChI=1S/C12H17BrN6/c1-3-4-15-11(6-12-16-18-19(2)17-12)9-5-10(13)8-14-7-9/h5,7-8,11,15H,3-4,6H2,1-2H3. The normalized spacial score (nSPS) is 12.6. The molecular weight excluding hydrogens is 308 g/mol. The molecule has 0 amide bonds. The quantitative estimate of drug-likeness (QED) is 0.875. The molecular formula is C12H17BrN6. The third-order valence-corrected chi connectivity index (χ3v) is 3.14. The molecule has 102 valence electrons. The van der Waals surface area contributed by atoms with Crippen molar-refractivity contribution in [2.45, 2.75) is 25.8 Å². The van der Waals surface area contributed by atoms with Crippen molar-refractivity contribution in [2.24, 2.45) is 7.05 Å². The number of hydrogen-bond donors (Lipinski definition) is 1. The van der Waals surface area contributed by atoms with Crippen molar-refractivity contribution in [3.63, 3.8) is 0 Å². The van der Waals surface area contributed by atoms with Gasteiger partial charge in [-0.15, -0.1) is 10.2 Å². The molecule has 0 spiro atoms. The van der Waals surface area contributed by atoms with E-state index < -0.39 is 0 Å². The lowest BCUT2D eigenvalue weighted by atomic mass is 10.1. The molecule has 0 fully saturated rings. The van der Waals surface area contributed by atoms with Crippen molar-refractivity contribution in [3.8, 4) is 0 Å². The second-order valence-corrected chi connectivity index (χ2v) is 5.26. The largest absolute Gasteiger partial charge is 0.309 e. The van der Waals surface area contributed by atoms with Gasteiger partial charge < -0.3 is 5.32 Å². The molecule has 1 atom stereocenters. The summed E-state index contributed by atoms with van der Waals surface area (Å²) < 4.78 is 0.973. The molecule has 19 heavy (non-hydrogen) atoms. The summed E-state index contributed by atoms with van der Waals surface area (Å²) in [7, 11) is 1.77. The van der Waals surface area contributed by atoms with Gasteiger partial charge >= 0.3 is 0 Å². The zero-order chi connectivity index (χ0) is 13.7. The molecule has 1 N–H and O–H groups in total. The molecule has 6 nitrogen and oxygen atoms in total. The summed E-state index contributed by atoms with van der Waals surface area (Å²) in [5.41, 5.74) is 1.12. The Balaban J connectivity index is 2.15. The van der Waals surface area contributed by atoms with Gasteiger partial charge in [-0.2, -0.15) is 4.80 Å². The van der Waals surface area contributed by atoms with Crippen LogP contribution in [-0.2, 0) is 13.5 Å². The third-order valence-electron chi connectivity index (χ3n) is 2.71. The highest BCUT2D eigenvalue weighted by Gasteiger charge is 2.15. The Bertz CT molecular complexity index is 526. The Morgan fingerprint density at radius 1 is 1.42 bits per heavy atom. The predicted molar refractivity (Wildman–Crippen MR) is 75.5 cm³/mol. The number of aromatic nitrogens is 5. The van der Waals surface area contributed by atoms with E-state index in [0.29, 0.717) is 6.42 Å². The van der Waals surface area contributed by atoms with Crippen molar-refractivity contribution < 1.29 is 0 Å². The number of hydrogen-bond acceptors (Lipinski definition) is 5. The van der Waals surface area contributed by atoms with Crippen LogP contribution in [0.4, 0.5) is 0 Å². The van der Waals surface area contributed by atoms with Crippen LogP contribution in [0.2, 0.25) is 0 Å². The van der Waals surface area contributed by atoms with E-state index in [2.05, 4.69) is 54.6 Å². The lowest BCUT2D eigenvalue weighted by molar-refractivity contribution is 0.515. The van der Waals surface area contributed by atoms with Gasteiger partial charge in [0.05, 0.1) is 7.05 Å². The van der Waals surface area contributed by atoms with Crippen LogP contribution in [0, 0.1) is 0 Å². The van der Waals surface area contributed by atoms with Crippen molar-refractivity contribution in [3.05, 3.63) is 34.3 Å². The first-order chi connectivity index (χ1) is 9.19. The van der Waals surface area contributed by atoms with E-state index in [1.807, 2.05) is 6.20 Å². The first kappa shape index (κ1) is 14.1. The van der Waals surface area contributed by atoms with Gasteiger partial charge in [-0.05, 0) is 45.7 Å². The summed E-state index contributed by atoms with van der Waals surface area (Å²) in [6, 6.07) is 2.21. The van der Waals surface area contributed by atoms with Crippen molar-refractivity contribution in [1.29, 1.82) is 0 Å². The lowest BCUT2D eigenvalue weighted by Crippen LogP contribution is -2.24. The van der Waals surface area contributed by atoms with Crippen molar-refractivity contribution >= 4 is 15.9 Å². The molecule has 2 aromatic heterocycles. The highest BCUT2D eigenvalue weighted by atomic mass is 79.9. The Kier molecular flexibility index (Phi) is 4.98. The zero-order valence-electron chi connectivity index (χ0n) is 11.0. The van der Waals surface area contributed by atoms with E-state index in [0.717, 1.165) is 28.8 Å². The molecule has 7 heteroatoms. The van der Waals surface area contributed by atoms with E-state index in [9.17, 15) is 0 Å². The van der Waals surface area contributed by atoms with E-state index in [1.165, 1.54) is 4.80 Å². The fourth-order valence-corrected chi connectivity index (χ4v) is 2.22. The fourth-order valence-electron chi connectivity index (χ4n) is 1.83. The molecule has 0 aliphatic rings. The monoisotopic (exact) mass is 324 g/mol. The molecule has 0 bridgehead atoms. The molecule has 2 rings (SSSR count). The predicted octanol–water partition coefficient (Wildman–Crippen LogP) is 1.65. The van der Waals surface area contributed by atoms with Gasteiger partial charge in [0, 0.05) is 29.3 Å². The first-order valence-corrected chi connectivity index (χ1v) is 7.05. The number of nitrogens with zero attached hydrogens (tertiary/aromatic N) is 5. The van der Waals surface area contributed by atoms with Gasteiger partial charge in [0.1, 0.15) is 0 Å². The molecule has 2 aromatic rings. The van der Waals surface area contributed by atoms with E-state index in [1.54, 1.807) is 13.2 Å². The Morgan fingerprint density at radius 3 is 2.89 bits per heavy atom. The van der Waals surface area contributed by atoms with Gasteiger partial charge in [0.15, 0.2) is 5.82 Å². The molecule has 0 saturated heterocycles. The third kappa shape index (κ3) is 4.07. The van der Waals surface area contributed by atoms with E-state index >= 15 is 0 Å². The minimum atomic E-state index is 0.147. The summed E-state index contributed by atoms with van der Waals surface area (Å²) in [5, 5.41) is 15.6. The molecule has 0 saturated carbocycles. The highest BCUT2D eigenvalue weighted by Crippen LogP contribution is 2.19. The van der Waals surface area contributed by atoms with Gasteiger partial charge in [-0.25, -0.2) is 0 Å². The smallest absolute Gasteiger partial charge is 0.176 e. The SMILES string of the molecule is CCCNC(Cc1nnn(C)n1)c1cncc(Br)c1. The average Bonchev–Trinajstić information content (AvgIpc) is 2.80. The number of pyridine rings is 1. The maximum absolute atomic E-state index is 4.23. The number of nitrogens with one attached hydrogen (secondary N) is 1.